The summed E-state index contributed by atoms with van der Waals surface area (Å²) in [6.45, 7) is 1.75. The quantitative estimate of drug-likeness (QED) is 0.766. The fourth-order valence-electron chi connectivity index (χ4n) is 3.35. The molecule has 2 atom stereocenters. The van der Waals surface area contributed by atoms with E-state index >= 15 is 0 Å². The number of nitrogens with zero attached hydrogens (tertiary/aromatic N) is 2. The van der Waals surface area contributed by atoms with Gasteiger partial charge >= 0.3 is 0 Å². The fourth-order valence-corrected chi connectivity index (χ4v) is 3.61. The van der Waals surface area contributed by atoms with Gasteiger partial charge in [0, 0.05) is 17.6 Å². The molecule has 2 unspecified atom stereocenters. The van der Waals surface area contributed by atoms with Crippen molar-refractivity contribution < 1.29 is 14.9 Å². The number of aliphatic hydroxyl groups excluding tert-OH is 2. The van der Waals surface area contributed by atoms with Gasteiger partial charge in [-0.15, -0.1) is 0 Å². The molecule has 2 aromatic heterocycles. The number of imidazole rings is 1. The summed E-state index contributed by atoms with van der Waals surface area (Å²) in [5, 5.41) is 20.6. The van der Waals surface area contributed by atoms with Gasteiger partial charge in [-0.05, 0) is 36.2 Å². The Morgan fingerprint density at radius 3 is 2.96 bits per heavy atom. The predicted molar refractivity (Wildman–Crippen MR) is 90.4 cm³/mol. The van der Waals surface area contributed by atoms with Crippen LogP contribution in [0.2, 0.25) is 5.02 Å². The fraction of sp³-hybridized carbons (Fsp3) is 0.278. The summed E-state index contributed by atoms with van der Waals surface area (Å²) in [6, 6.07) is 9.26. The van der Waals surface area contributed by atoms with Gasteiger partial charge in [-0.2, -0.15) is 0 Å². The zero-order chi connectivity index (χ0) is 16.8. The smallest absolute Gasteiger partial charge is 0.180 e. The van der Waals surface area contributed by atoms with Crippen molar-refractivity contribution in [1.82, 2.24) is 9.38 Å². The molecule has 4 rings (SSSR count). The van der Waals surface area contributed by atoms with E-state index in [-0.39, 0.29) is 6.61 Å². The molecule has 3 aromatic rings. The maximum Gasteiger partial charge on any atom is 0.180 e. The first-order valence-electron chi connectivity index (χ1n) is 7.79. The van der Waals surface area contributed by atoms with Crippen molar-refractivity contribution in [1.29, 1.82) is 0 Å². The van der Waals surface area contributed by atoms with Crippen molar-refractivity contribution >= 4 is 17.2 Å². The molecule has 1 aliphatic rings. The highest BCUT2D eigenvalue weighted by Gasteiger charge is 2.34. The van der Waals surface area contributed by atoms with E-state index in [0.29, 0.717) is 22.8 Å². The minimum atomic E-state index is -0.659. The number of aliphatic hydroxyl groups is 2. The number of aromatic nitrogens is 2. The van der Waals surface area contributed by atoms with E-state index < -0.39 is 12.2 Å². The number of hydrogen-bond donors (Lipinski definition) is 2. The third kappa shape index (κ3) is 2.28. The molecule has 124 valence electrons. The number of ether oxygens (including phenoxy) is 1. The van der Waals surface area contributed by atoms with Gasteiger partial charge in [0.2, 0.25) is 0 Å². The van der Waals surface area contributed by atoms with E-state index in [1.165, 1.54) is 0 Å². The lowest BCUT2D eigenvalue weighted by molar-refractivity contribution is 0.0502. The second kappa shape index (κ2) is 5.77. The van der Waals surface area contributed by atoms with Crippen LogP contribution >= 0.6 is 11.6 Å². The van der Waals surface area contributed by atoms with Crippen LogP contribution in [0.5, 0.6) is 5.75 Å². The molecule has 0 saturated heterocycles. The average Bonchev–Trinajstić information content (AvgIpc) is 3.06. The lowest BCUT2D eigenvalue weighted by atomic mass is 10.1. The summed E-state index contributed by atoms with van der Waals surface area (Å²) in [6.07, 6.45) is 1.16. The van der Waals surface area contributed by atoms with Crippen LogP contribution in [0.15, 0.2) is 36.5 Å². The number of pyridine rings is 1. The molecule has 6 heteroatoms. The van der Waals surface area contributed by atoms with Gasteiger partial charge < -0.3 is 14.9 Å². The molecule has 24 heavy (non-hydrogen) atoms. The lowest BCUT2D eigenvalue weighted by Crippen LogP contribution is -2.19. The standard InChI is InChI=1S/C18H17ClN2O3/c1-10-14(9-22)21-7-3-6-16(18(21)20-10)24-17-11-4-2-5-13(19)12(11)8-15(17)23/h2-7,15,17,22-23H,8-9H2,1H3. The van der Waals surface area contributed by atoms with Crippen molar-refractivity contribution in [2.75, 3.05) is 0 Å². The normalized spacial score (nSPS) is 19.7. The van der Waals surface area contributed by atoms with E-state index in [0.717, 1.165) is 22.5 Å². The van der Waals surface area contributed by atoms with E-state index in [4.69, 9.17) is 16.3 Å². The molecular formula is C18H17ClN2O3. The van der Waals surface area contributed by atoms with Crippen molar-refractivity contribution in [2.24, 2.45) is 0 Å². The van der Waals surface area contributed by atoms with Gasteiger partial charge in [0.1, 0.15) is 0 Å². The highest BCUT2D eigenvalue weighted by atomic mass is 35.5. The summed E-state index contributed by atoms with van der Waals surface area (Å²) < 4.78 is 7.93. The molecule has 0 fully saturated rings. The number of benzene rings is 1. The van der Waals surface area contributed by atoms with E-state index in [9.17, 15) is 10.2 Å². The van der Waals surface area contributed by atoms with Gasteiger partial charge in [-0.3, -0.25) is 4.40 Å². The third-order valence-electron chi connectivity index (χ3n) is 4.54. The number of aryl methyl sites for hydroxylation is 1. The van der Waals surface area contributed by atoms with Crippen LogP contribution in [-0.4, -0.2) is 25.7 Å². The molecule has 5 nitrogen and oxygen atoms in total. The third-order valence-corrected chi connectivity index (χ3v) is 4.90. The van der Waals surface area contributed by atoms with Crippen LogP contribution in [0.25, 0.3) is 5.65 Å². The minimum Gasteiger partial charge on any atom is -0.479 e. The minimum absolute atomic E-state index is 0.0963. The Bertz CT molecular complexity index is 922. The van der Waals surface area contributed by atoms with Crippen LogP contribution in [0, 0.1) is 6.92 Å². The van der Waals surface area contributed by atoms with Crippen molar-refractivity contribution in [3.05, 3.63) is 64.1 Å². The Morgan fingerprint density at radius 2 is 2.17 bits per heavy atom. The Labute approximate surface area is 144 Å². The highest BCUT2D eigenvalue weighted by Crippen LogP contribution is 2.39. The highest BCUT2D eigenvalue weighted by molar-refractivity contribution is 6.31. The first-order chi connectivity index (χ1) is 11.6. The molecule has 2 N–H and O–H groups in total. The van der Waals surface area contributed by atoms with Crippen LogP contribution in [0.3, 0.4) is 0 Å². The molecule has 1 aromatic carbocycles. The molecule has 0 amide bonds. The first-order valence-corrected chi connectivity index (χ1v) is 8.17. The molecular weight excluding hydrogens is 328 g/mol. The van der Waals surface area contributed by atoms with Gasteiger partial charge in [0.25, 0.3) is 0 Å². The van der Waals surface area contributed by atoms with Crippen molar-refractivity contribution in [3.63, 3.8) is 0 Å². The molecule has 0 bridgehead atoms. The average molecular weight is 345 g/mol. The summed E-state index contributed by atoms with van der Waals surface area (Å²) in [7, 11) is 0. The molecule has 0 spiro atoms. The Hall–Kier alpha value is -2.08. The monoisotopic (exact) mass is 344 g/mol. The summed E-state index contributed by atoms with van der Waals surface area (Å²) in [5.41, 5.74) is 3.94. The molecule has 2 heterocycles. The predicted octanol–water partition coefficient (Wildman–Crippen LogP) is 2.83. The second-order valence-corrected chi connectivity index (χ2v) is 6.39. The van der Waals surface area contributed by atoms with E-state index in [1.54, 1.807) is 0 Å². The van der Waals surface area contributed by atoms with Crippen LogP contribution in [-0.2, 0) is 13.0 Å². The zero-order valence-electron chi connectivity index (χ0n) is 13.1. The van der Waals surface area contributed by atoms with Gasteiger partial charge in [-0.1, -0.05) is 23.7 Å². The van der Waals surface area contributed by atoms with Gasteiger partial charge in [0.15, 0.2) is 17.5 Å². The molecule has 0 aliphatic heterocycles. The van der Waals surface area contributed by atoms with Gasteiger partial charge in [0.05, 0.1) is 24.1 Å². The Balaban J connectivity index is 1.77. The topological polar surface area (TPSA) is 67.0 Å². The van der Waals surface area contributed by atoms with Crippen LogP contribution in [0.1, 0.15) is 28.6 Å². The summed E-state index contributed by atoms with van der Waals surface area (Å²) in [5.74, 6) is 0.567. The number of hydrogen-bond acceptors (Lipinski definition) is 4. The lowest BCUT2D eigenvalue weighted by Gasteiger charge is -2.19. The zero-order valence-corrected chi connectivity index (χ0v) is 13.9. The SMILES string of the molecule is Cc1nc2c(OC3c4cccc(Cl)c4CC3O)cccn2c1CO. The number of rotatable bonds is 3. The first kappa shape index (κ1) is 15.4. The molecule has 0 saturated carbocycles. The summed E-state index contributed by atoms with van der Waals surface area (Å²) >= 11 is 6.23. The van der Waals surface area contributed by atoms with Crippen LogP contribution < -0.4 is 4.74 Å². The number of halogens is 1. The molecule has 0 radical (unpaired) electrons. The Kier molecular flexibility index (Phi) is 3.72. The van der Waals surface area contributed by atoms with Crippen LogP contribution in [0.4, 0.5) is 0 Å². The summed E-state index contributed by atoms with van der Waals surface area (Å²) in [4.78, 5) is 4.49. The van der Waals surface area contributed by atoms with Crippen molar-refractivity contribution in [3.8, 4) is 5.75 Å². The molecule has 1 aliphatic carbocycles. The Morgan fingerprint density at radius 1 is 1.33 bits per heavy atom. The largest absolute Gasteiger partial charge is 0.479 e. The van der Waals surface area contributed by atoms with Gasteiger partial charge in [-0.25, -0.2) is 4.98 Å². The van der Waals surface area contributed by atoms with Crippen molar-refractivity contribution in [2.45, 2.75) is 32.2 Å². The van der Waals surface area contributed by atoms with E-state index in [1.807, 2.05) is 47.9 Å². The second-order valence-electron chi connectivity index (χ2n) is 5.99. The maximum absolute atomic E-state index is 10.4. The maximum atomic E-state index is 10.4. The van der Waals surface area contributed by atoms with E-state index in [2.05, 4.69) is 4.98 Å². The number of fused-ring (bicyclic) bond motifs is 2.